The first-order valence-corrected chi connectivity index (χ1v) is 5.98. The molecule has 1 amide bonds. The Morgan fingerprint density at radius 1 is 1.35 bits per heavy atom. The third-order valence-electron chi connectivity index (χ3n) is 2.91. The molecule has 1 fully saturated rings. The summed E-state index contributed by atoms with van der Waals surface area (Å²) in [7, 11) is 0. The summed E-state index contributed by atoms with van der Waals surface area (Å²) in [6, 6.07) is 8.19. The predicted molar refractivity (Wildman–Crippen MR) is 68.5 cm³/mol. The average molecular weight is 233 g/mol. The lowest BCUT2D eigenvalue weighted by Gasteiger charge is -2.31. The Balaban J connectivity index is 2.19. The number of nitrogens with two attached hydrogens (primary N) is 1. The fourth-order valence-corrected chi connectivity index (χ4v) is 2.04. The molecule has 92 valence electrons. The van der Waals surface area contributed by atoms with Crippen molar-refractivity contribution in [1.82, 2.24) is 5.01 Å². The van der Waals surface area contributed by atoms with Crippen LogP contribution in [0.25, 0.3) is 0 Å². The molecular formula is C13H19N3O. The predicted octanol–water partition coefficient (Wildman–Crippen LogP) is 1.30. The molecule has 1 aliphatic rings. The number of hydrogen-bond acceptors (Lipinski definition) is 3. The topological polar surface area (TPSA) is 49.6 Å². The summed E-state index contributed by atoms with van der Waals surface area (Å²) in [6.45, 7) is 5.29. The van der Waals surface area contributed by atoms with Gasteiger partial charge >= 0.3 is 0 Å². The van der Waals surface area contributed by atoms with Gasteiger partial charge in [-0.25, -0.2) is 0 Å². The van der Waals surface area contributed by atoms with Crippen LogP contribution in [-0.4, -0.2) is 30.0 Å². The van der Waals surface area contributed by atoms with Crippen LogP contribution in [0, 0.1) is 6.92 Å². The number of nitrogens with zero attached hydrogens (tertiary/aromatic N) is 2. The van der Waals surface area contributed by atoms with Crippen LogP contribution < -0.4 is 10.7 Å². The van der Waals surface area contributed by atoms with E-state index in [1.165, 1.54) is 5.56 Å². The van der Waals surface area contributed by atoms with Gasteiger partial charge in [0.15, 0.2) is 0 Å². The molecule has 1 aromatic carbocycles. The van der Waals surface area contributed by atoms with Gasteiger partial charge < -0.3 is 5.73 Å². The molecular weight excluding hydrogens is 214 g/mol. The lowest BCUT2D eigenvalue weighted by Crippen LogP contribution is -2.45. The first kappa shape index (κ1) is 11.9. The van der Waals surface area contributed by atoms with Gasteiger partial charge in [0.1, 0.15) is 0 Å². The average Bonchev–Trinajstić information content (AvgIpc) is 2.61. The molecule has 1 heterocycles. The van der Waals surface area contributed by atoms with Gasteiger partial charge in [-0.15, -0.1) is 0 Å². The van der Waals surface area contributed by atoms with Crippen molar-refractivity contribution in [3.63, 3.8) is 0 Å². The minimum atomic E-state index is -0.00926. The number of hydrogen-bond donors (Lipinski definition) is 1. The highest BCUT2D eigenvalue weighted by Crippen LogP contribution is 2.22. The third kappa shape index (κ3) is 2.58. The Morgan fingerprint density at radius 2 is 2.00 bits per heavy atom. The standard InChI is InChI=1S/C13H19N3O/c1-10-3-5-12(6-4-10)15-8-7-13(17)16(15)9-11(2)14/h3-6,11H,7-9,14H2,1-2H3. The second-order valence-corrected chi connectivity index (χ2v) is 4.66. The molecule has 0 bridgehead atoms. The Labute approximate surface area is 102 Å². The van der Waals surface area contributed by atoms with Gasteiger partial charge in [-0.05, 0) is 26.0 Å². The summed E-state index contributed by atoms with van der Waals surface area (Å²) in [5.41, 5.74) is 8.06. The molecule has 2 N–H and O–H groups in total. The van der Waals surface area contributed by atoms with Gasteiger partial charge in [-0.3, -0.25) is 14.8 Å². The van der Waals surface area contributed by atoms with Gasteiger partial charge in [0.25, 0.3) is 0 Å². The zero-order valence-corrected chi connectivity index (χ0v) is 10.4. The van der Waals surface area contributed by atoms with Crippen molar-refractivity contribution >= 4 is 11.6 Å². The van der Waals surface area contributed by atoms with Crippen LogP contribution in [0.4, 0.5) is 5.69 Å². The van der Waals surface area contributed by atoms with Crippen molar-refractivity contribution in [2.24, 2.45) is 5.73 Å². The van der Waals surface area contributed by atoms with Gasteiger partial charge in [0, 0.05) is 19.0 Å². The highest BCUT2D eigenvalue weighted by molar-refractivity contribution is 5.81. The van der Waals surface area contributed by atoms with E-state index in [1.54, 1.807) is 5.01 Å². The first-order valence-electron chi connectivity index (χ1n) is 5.98. The first-order chi connectivity index (χ1) is 8.08. The van der Waals surface area contributed by atoms with E-state index >= 15 is 0 Å². The third-order valence-corrected chi connectivity index (χ3v) is 2.91. The highest BCUT2D eigenvalue weighted by atomic mass is 16.2. The van der Waals surface area contributed by atoms with Gasteiger partial charge in [0.2, 0.25) is 5.91 Å². The monoisotopic (exact) mass is 233 g/mol. The van der Waals surface area contributed by atoms with Crippen LogP contribution in [0.5, 0.6) is 0 Å². The molecule has 1 aromatic rings. The zero-order chi connectivity index (χ0) is 12.4. The summed E-state index contributed by atoms with van der Waals surface area (Å²) in [5, 5.41) is 3.78. The molecule has 0 spiro atoms. The van der Waals surface area contributed by atoms with Gasteiger partial charge in [0.05, 0.1) is 12.2 Å². The minimum Gasteiger partial charge on any atom is -0.326 e. The van der Waals surface area contributed by atoms with Crippen molar-refractivity contribution < 1.29 is 4.79 Å². The fraction of sp³-hybridized carbons (Fsp3) is 0.462. The maximum absolute atomic E-state index is 11.8. The van der Waals surface area contributed by atoms with Crippen molar-refractivity contribution in [2.45, 2.75) is 26.3 Å². The Bertz CT molecular complexity index is 400. The molecule has 2 rings (SSSR count). The number of rotatable bonds is 3. The van der Waals surface area contributed by atoms with Crippen LogP contribution >= 0.6 is 0 Å². The van der Waals surface area contributed by atoms with E-state index in [2.05, 4.69) is 19.1 Å². The van der Waals surface area contributed by atoms with E-state index in [-0.39, 0.29) is 11.9 Å². The highest BCUT2D eigenvalue weighted by Gasteiger charge is 2.29. The van der Waals surface area contributed by atoms with E-state index in [0.717, 1.165) is 12.2 Å². The summed E-state index contributed by atoms with van der Waals surface area (Å²) >= 11 is 0. The van der Waals surface area contributed by atoms with Crippen LogP contribution in [-0.2, 0) is 4.79 Å². The maximum atomic E-state index is 11.8. The smallest absolute Gasteiger partial charge is 0.242 e. The summed E-state index contributed by atoms with van der Waals surface area (Å²) in [6.07, 6.45) is 0.570. The molecule has 17 heavy (non-hydrogen) atoms. The quantitative estimate of drug-likeness (QED) is 0.856. The van der Waals surface area contributed by atoms with Crippen LogP contribution in [0.3, 0.4) is 0 Å². The number of aryl methyl sites for hydroxylation is 1. The van der Waals surface area contributed by atoms with Crippen LogP contribution in [0.2, 0.25) is 0 Å². The van der Waals surface area contributed by atoms with Crippen molar-refractivity contribution in [3.8, 4) is 0 Å². The second kappa shape index (κ2) is 4.75. The number of carbonyl (C=O) groups excluding carboxylic acids is 1. The largest absolute Gasteiger partial charge is 0.326 e. The normalized spacial score (nSPS) is 17.7. The Hall–Kier alpha value is -1.55. The van der Waals surface area contributed by atoms with Crippen LogP contribution in [0.1, 0.15) is 18.9 Å². The van der Waals surface area contributed by atoms with E-state index in [0.29, 0.717) is 13.0 Å². The number of anilines is 1. The van der Waals surface area contributed by atoms with E-state index < -0.39 is 0 Å². The Kier molecular flexibility index (Phi) is 3.33. The van der Waals surface area contributed by atoms with Crippen molar-refractivity contribution in [2.75, 3.05) is 18.1 Å². The molecule has 0 aliphatic carbocycles. The molecule has 1 saturated heterocycles. The van der Waals surface area contributed by atoms with Crippen LogP contribution in [0.15, 0.2) is 24.3 Å². The molecule has 1 aliphatic heterocycles. The summed E-state index contributed by atoms with van der Waals surface area (Å²) in [4.78, 5) is 11.8. The number of amides is 1. The Morgan fingerprint density at radius 3 is 2.59 bits per heavy atom. The van der Waals surface area contributed by atoms with Crippen molar-refractivity contribution in [3.05, 3.63) is 29.8 Å². The second-order valence-electron chi connectivity index (χ2n) is 4.66. The number of benzene rings is 1. The SMILES string of the molecule is Cc1ccc(N2CCC(=O)N2CC(C)N)cc1. The fourth-order valence-electron chi connectivity index (χ4n) is 2.04. The molecule has 1 atom stereocenters. The lowest BCUT2D eigenvalue weighted by atomic mass is 10.2. The number of carbonyl (C=O) groups is 1. The van der Waals surface area contributed by atoms with E-state index in [9.17, 15) is 4.79 Å². The molecule has 0 aromatic heterocycles. The molecule has 4 heteroatoms. The summed E-state index contributed by atoms with van der Waals surface area (Å²) < 4.78 is 0. The van der Waals surface area contributed by atoms with E-state index in [4.69, 9.17) is 5.73 Å². The summed E-state index contributed by atoms with van der Waals surface area (Å²) in [5.74, 6) is 0.155. The maximum Gasteiger partial charge on any atom is 0.242 e. The molecule has 0 radical (unpaired) electrons. The number of hydrazine groups is 1. The van der Waals surface area contributed by atoms with E-state index in [1.807, 2.05) is 24.1 Å². The molecule has 0 saturated carbocycles. The zero-order valence-electron chi connectivity index (χ0n) is 10.4. The molecule has 1 unspecified atom stereocenters. The van der Waals surface area contributed by atoms with Crippen molar-refractivity contribution in [1.29, 1.82) is 0 Å². The minimum absolute atomic E-state index is 0.00926. The lowest BCUT2D eigenvalue weighted by molar-refractivity contribution is -0.128. The van der Waals surface area contributed by atoms with Gasteiger partial charge in [-0.2, -0.15) is 0 Å². The van der Waals surface area contributed by atoms with Gasteiger partial charge in [-0.1, -0.05) is 17.7 Å². The molecule has 4 nitrogen and oxygen atoms in total.